The van der Waals surface area contributed by atoms with Gasteiger partial charge in [0.25, 0.3) is 5.56 Å². The van der Waals surface area contributed by atoms with Crippen LogP contribution in [0.5, 0.6) is 5.75 Å². The molecule has 3 rings (SSSR count). The number of aromatic nitrogens is 2. The third-order valence-electron chi connectivity index (χ3n) is 4.99. The fourth-order valence-electron chi connectivity index (χ4n) is 3.32. The average Bonchev–Trinajstić information content (AvgIpc) is 2.69. The van der Waals surface area contributed by atoms with Gasteiger partial charge in [-0.3, -0.25) is 19.5 Å². The Morgan fingerprint density at radius 3 is 2.59 bits per heavy atom. The fraction of sp³-hybridized carbons (Fsp3) is 0.476. The zero-order valence-corrected chi connectivity index (χ0v) is 17.1. The van der Waals surface area contributed by atoms with Crippen LogP contribution in [0.1, 0.15) is 18.2 Å². The molecule has 8 nitrogen and oxygen atoms in total. The lowest BCUT2D eigenvalue weighted by atomic mass is 10.1. The number of anilines is 1. The molecule has 0 aliphatic carbocycles. The second kappa shape index (κ2) is 10.1. The Kier molecular flexibility index (Phi) is 7.24. The third kappa shape index (κ3) is 6.60. The van der Waals surface area contributed by atoms with Gasteiger partial charge < -0.3 is 15.0 Å². The van der Waals surface area contributed by atoms with E-state index in [0.29, 0.717) is 24.8 Å². The Bertz CT molecular complexity index is 857. The summed E-state index contributed by atoms with van der Waals surface area (Å²) in [5.41, 5.74) is 1.72. The van der Waals surface area contributed by atoms with E-state index in [1.807, 2.05) is 17.0 Å². The van der Waals surface area contributed by atoms with Crippen LogP contribution in [0.2, 0.25) is 0 Å². The number of hydrogen-bond acceptors (Lipinski definition) is 6. The molecule has 1 aliphatic rings. The van der Waals surface area contributed by atoms with Crippen molar-refractivity contribution in [2.75, 3.05) is 51.2 Å². The summed E-state index contributed by atoms with van der Waals surface area (Å²) >= 11 is 0. The zero-order valence-electron chi connectivity index (χ0n) is 17.1. The summed E-state index contributed by atoms with van der Waals surface area (Å²) in [5.74, 6) is 1.51. The van der Waals surface area contributed by atoms with Crippen LogP contribution < -0.4 is 15.6 Å². The Balaban J connectivity index is 1.35. The topological polar surface area (TPSA) is 90.6 Å². The fourth-order valence-corrected chi connectivity index (χ4v) is 3.32. The normalized spacial score (nSPS) is 14.6. The molecule has 0 unspecified atom stereocenters. The van der Waals surface area contributed by atoms with Gasteiger partial charge in [0, 0.05) is 58.0 Å². The molecule has 0 saturated carbocycles. The zero-order chi connectivity index (χ0) is 20.6. The van der Waals surface area contributed by atoms with E-state index in [-0.39, 0.29) is 11.5 Å². The SMILES string of the molecule is CC(=O)N1CCN(CCOc2ccc(CCNc3nc(C)cc(=O)[nH]3)cc2)CC1. The van der Waals surface area contributed by atoms with Crippen molar-refractivity contribution in [1.29, 1.82) is 0 Å². The van der Waals surface area contributed by atoms with Crippen molar-refractivity contribution in [2.24, 2.45) is 0 Å². The van der Waals surface area contributed by atoms with E-state index in [2.05, 4.69) is 32.3 Å². The molecule has 2 heterocycles. The van der Waals surface area contributed by atoms with Crippen molar-refractivity contribution < 1.29 is 9.53 Å². The quantitative estimate of drug-likeness (QED) is 0.695. The van der Waals surface area contributed by atoms with Crippen LogP contribution in [-0.4, -0.2) is 71.6 Å². The monoisotopic (exact) mass is 399 g/mol. The Morgan fingerprint density at radius 1 is 1.21 bits per heavy atom. The molecule has 0 spiro atoms. The first kappa shape index (κ1) is 20.9. The number of hydrogen-bond donors (Lipinski definition) is 2. The number of aryl methyl sites for hydroxylation is 1. The van der Waals surface area contributed by atoms with Crippen molar-refractivity contribution >= 4 is 11.9 Å². The van der Waals surface area contributed by atoms with Crippen LogP contribution in [0.15, 0.2) is 35.1 Å². The minimum atomic E-state index is -0.151. The van der Waals surface area contributed by atoms with Crippen molar-refractivity contribution in [1.82, 2.24) is 19.8 Å². The van der Waals surface area contributed by atoms with Crippen LogP contribution in [0, 0.1) is 6.92 Å². The molecule has 1 saturated heterocycles. The Hall–Kier alpha value is -2.87. The molecule has 1 aliphatic heterocycles. The number of ether oxygens (including phenoxy) is 1. The summed E-state index contributed by atoms with van der Waals surface area (Å²) in [5, 5.41) is 3.14. The predicted molar refractivity (Wildman–Crippen MR) is 112 cm³/mol. The standard InChI is InChI=1S/C21H29N5O3/c1-16-15-20(28)24-21(23-16)22-8-7-18-3-5-19(6-4-18)29-14-13-25-9-11-26(12-10-25)17(2)27/h3-6,15H,7-14H2,1-2H3,(H2,22,23,24,28). The molecule has 0 atom stereocenters. The van der Waals surface area contributed by atoms with Crippen LogP contribution in [0.4, 0.5) is 5.95 Å². The third-order valence-corrected chi connectivity index (χ3v) is 4.99. The smallest absolute Gasteiger partial charge is 0.252 e. The molecule has 8 heteroatoms. The largest absolute Gasteiger partial charge is 0.492 e. The molecule has 2 N–H and O–H groups in total. The van der Waals surface area contributed by atoms with Gasteiger partial charge in [0.2, 0.25) is 11.9 Å². The Labute approximate surface area is 170 Å². The highest BCUT2D eigenvalue weighted by molar-refractivity contribution is 5.73. The van der Waals surface area contributed by atoms with Gasteiger partial charge in [0.05, 0.1) is 0 Å². The molecule has 2 aromatic rings. The summed E-state index contributed by atoms with van der Waals surface area (Å²) in [6.07, 6.45) is 0.818. The van der Waals surface area contributed by atoms with Crippen molar-refractivity contribution in [3.8, 4) is 5.75 Å². The van der Waals surface area contributed by atoms with E-state index in [4.69, 9.17) is 4.74 Å². The van der Waals surface area contributed by atoms with E-state index in [0.717, 1.165) is 44.9 Å². The van der Waals surface area contributed by atoms with Crippen LogP contribution >= 0.6 is 0 Å². The molecule has 1 fully saturated rings. The van der Waals surface area contributed by atoms with Crippen LogP contribution in [-0.2, 0) is 11.2 Å². The number of amides is 1. The second-order valence-corrected chi connectivity index (χ2v) is 7.25. The first-order valence-corrected chi connectivity index (χ1v) is 10.0. The summed E-state index contributed by atoms with van der Waals surface area (Å²) in [4.78, 5) is 33.9. The molecule has 0 radical (unpaired) electrons. The number of nitrogens with zero attached hydrogens (tertiary/aromatic N) is 3. The van der Waals surface area contributed by atoms with E-state index in [9.17, 15) is 9.59 Å². The van der Waals surface area contributed by atoms with Gasteiger partial charge in [-0.15, -0.1) is 0 Å². The van der Waals surface area contributed by atoms with Crippen molar-refractivity contribution in [3.63, 3.8) is 0 Å². The average molecular weight is 399 g/mol. The van der Waals surface area contributed by atoms with Gasteiger partial charge in [-0.1, -0.05) is 12.1 Å². The predicted octanol–water partition coefficient (Wildman–Crippen LogP) is 1.28. The summed E-state index contributed by atoms with van der Waals surface area (Å²) < 4.78 is 5.85. The number of carbonyl (C=O) groups excluding carboxylic acids is 1. The molecule has 1 aromatic heterocycles. The highest BCUT2D eigenvalue weighted by Crippen LogP contribution is 2.13. The molecule has 0 bridgehead atoms. The first-order chi connectivity index (χ1) is 14.0. The maximum absolute atomic E-state index is 11.4. The van der Waals surface area contributed by atoms with Gasteiger partial charge in [0.1, 0.15) is 12.4 Å². The molecule has 1 aromatic carbocycles. The van der Waals surface area contributed by atoms with Crippen LogP contribution in [0.25, 0.3) is 0 Å². The lowest BCUT2D eigenvalue weighted by Crippen LogP contribution is -2.48. The molecule has 156 valence electrons. The van der Waals surface area contributed by atoms with Gasteiger partial charge in [-0.2, -0.15) is 0 Å². The highest BCUT2D eigenvalue weighted by Gasteiger charge is 2.18. The van der Waals surface area contributed by atoms with E-state index < -0.39 is 0 Å². The number of H-pyrrole nitrogens is 1. The molecular weight excluding hydrogens is 370 g/mol. The van der Waals surface area contributed by atoms with Gasteiger partial charge >= 0.3 is 0 Å². The number of piperazine rings is 1. The van der Waals surface area contributed by atoms with E-state index >= 15 is 0 Å². The molecular formula is C21H29N5O3. The summed E-state index contributed by atoms with van der Waals surface area (Å²) in [7, 11) is 0. The molecule has 29 heavy (non-hydrogen) atoms. The number of carbonyl (C=O) groups is 1. The van der Waals surface area contributed by atoms with Gasteiger partial charge in [0.15, 0.2) is 0 Å². The van der Waals surface area contributed by atoms with Gasteiger partial charge in [-0.25, -0.2) is 4.98 Å². The summed E-state index contributed by atoms with van der Waals surface area (Å²) in [6.45, 7) is 8.98. The van der Waals surface area contributed by atoms with Crippen molar-refractivity contribution in [3.05, 3.63) is 51.9 Å². The van der Waals surface area contributed by atoms with E-state index in [1.54, 1.807) is 13.8 Å². The second-order valence-electron chi connectivity index (χ2n) is 7.25. The number of benzene rings is 1. The molecule has 1 amide bonds. The number of nitrogens with one attached hydrogen (secondary N) is 2. The lowest BCUT2D eigenvalue weighted by Gasteiger charge is -2.34. The number of aromatic amines is 1. The first-order valence-electron chi connectivity index (χ1n) is 10.0. The number of rotatable bonds is 8. The van der Waals surface area contributed by atoms with Gasteiger partial charge in [-0.05, 0) is 31.0 Å². The maximum atomic E-state index is 11.4. The van der Waals surface area contributed by atoms with Crippen LogP contribution in [0.3, 0.4) is 0 Å². The minimum absolute atomic E-state index is 0.151. The maximum Gasteiger partial charge on any atom is 0.252 e. The minimum Gasteiger partial charge on any atom is -0.492 e. The summed E-state index contributed by atoms with van der Waals surface area (Å²) in [6, 6.07) is 9.53. The Morgan fingerprint density at radius 2 is 1.93 bits per heavy atom. The van der Waals surface area contributed by atoms with Crippen molar-refractivity contribution in [2.45, 2.75) is 20.3 Å². The van der Waals surface area contributed by atoms with E-state index in [1.165, 1.54) is 11.6 Å². The highest BCUT2D eigenvalue weighted by atomic mass is 16.5. The lowest BCUT2D eigenvalue weighted by molar-refractivity contribution is -0.130.